The van der Waals surface area contributed by atoms with Gasteiger partial charge in [0.15, 0.2) is 11.6 Å². The predicted octanol–water partition coefficient (Wildman–Crippen LogP) is 7.58. The molecule has 2 fully saturated rings. The summed E-state index contributed by atoms with van der Waals surface area (Å²) in [5.41, 5.74) is 2.51. The molecule has 0 radical (unpaired) electrons. The van der Waals surface area contributed by atoms with E-state index in [1.165, 1.54) is 38.5 Å². The highest BCUT2D eigenvalue weighted by Gasteiger charge is 2.37. The molecule has 1 aromatic carbocycles. The molecule has 3 aliphatic carbocycles. The zero-order valence-electron chi connectivity index (χ0n) is 17.2. The number of hydrogen-bond donors (Lipinski definition) is 0. The quantitative estimate of drug-likeness (QED) is 0.509. The van der Waals surface area contributed by atoms with Crippen LogP contribution in [-0.4, -0.2) is 0 Å². The number of unbranched alkanes of at least 4 members (excludes halogenated alkanes) is 1. The van der Waals surface area contributed by atoms with Crippen molar-refractivity contribution in [2.75, 3.05) is 0 Å². The van der Waals surface area contributed by atoms with Gasteiger partial charge < -0.3 is 0 Å². The smallest absolute Gasteiger partial charge is 0.162 e. The molecule has 0 spiro atoms. The Kier molecular flexibility index (Phi) is 5.90. The molecule has 0 N–H and O–H groups in total. The summed E-state index contributed by atoms with van der Waals surface area (Å²) in [4.78, 5) is 0. The predicted molar refractivity (Wildman–Crippen MR) is 108 cm³/mol. The van der Waals surface area contributed by atoms with Gasteiger partial charge in [0.2, 0.25) is 0 Å². The highest BCUT2D eigenvalue weighted by molar-refractivity contribution is 5.38. The molecule has 5 unspecified atom stereocenters. The third-order valence-corrected chi connectivity index (χ3v) is 8.02. The molecule has 0 saturated heterocycles. The van der Waals surface area contributed by atoms with Crippen LogP contribution in [0.4, 0.5) is 8.78 Å². The molecule has 2 saturated carbocycles. The molecule has 4 rings (SSSR count). The van der Waals surface area contributed by atoms with Crippen molar-refractivity contribution in [2.24, 2.45) is 23.7 Å². The average molecular weight is 375 g/mol. The van der Waals surface area contributed by atoms with Gasteiger partial charge in [-0.15, -0.1) is 0 Å². The summed E-state index contributed by atoms with van der Waals surface area (Å²) < 4.78 is 30.1. The zero-order valence-corrected chi connectivity index (χ0v) is 17.2. The highest BCUT2D eigenvalue weighted by atomic mass is 19.2. The molecule has 0 nitrogen and oxygen atoms in total. The highest BCUT2D eigenvalue weighted by Crippen LogP contribution is 2.48. The summed E-state index contributed by atoms with van der Waals surface area (Å²) in [6.45, 7) is 4.57. The fourth-order valence-corrected chi connectivity index (χ4v) is 6.38. The average Bonchev–Trinajstić information content (AvgIpc) is 2.69. The van der Waals surface area contributed by atoms with Crippen LogP contribution in [0.5, 0.6) is 0 Å². The third kappa shape index (κ3) is 3.96. The van der Waals surface area contributed by atoms with Crippen molar-refractivity contribution >= 4 is 0 Å². The first-order valence-corrected chi connectivity index (χ1v) is 11.6. The van der Waals surface area contributed by atoms with Gasteiger partial charge >= 0.3 is 0 Å². The van der Waals surface area contributed by atoms with Gasteiger partial charge in [0, 0.05) is 0 Å². The van der Waals surface area contributed by atoms with E-state index in [1.807, 2.05) is 0 Å². The molecule has 0 heterocycles. The Bertz CT molecular complexity index is 665. The summed E-state index contributed by atoms with van der Waals surface area (Å²) in [5.74, 6) is 2.16. The molecule has 0 aliphatic heterocycles. The van der Waals surface area contributed by atoms with Crippen molar-refractivity contribution in [1.29, 1.82) is 0 Å². The lowest BCUT2D eigenvalue weighted by Gasteiger charge is -2.42. The van der Waals surface area contributed by atoms with E-state index in [0.29, 0.717) is 17.0 Å². The number of halogens is 2. The summed E-state index contributed by atoms with van der Waals surface area (Å²) in [5, 5.41) is 0. The van der Waals surface area contributed by atoms with Crippen LogP contribution in [0.25, 0.3) is 0 Å². The van der Waals surface area contributed by atoms with Crippen LogP contribution in [-0.2, 0) is 12.8 Å². The van der Waals surface area contributed by atoms with Crippen molar-refractivity contribution < 1.29 is 8.78 Å². The molecule has 0 amide bonds. The number of aryl methyl sites for hydroxylation is 1. The van der Waals surface area contributed by atoms with Crippen LogP contribution in [0, 0.1) is 35.3 Å². The Labute approximate surface area is 164 Å². The van der Waals surface area contributed by atoms with E-state index in [1.54, 1.807) is 0 Å². The number of fused-ring (bicyclic) bond motifs is 2. The van der Waals surface area contributed by atoms with E-state index in [4.69, 9.17) is 0 Å². The topological polar surface area (TPSA) is 0 Å². The van der Waals surface area contributed by atoms with E-state index in [2.05, 4.69) is 19.9 Å². The van der Waals surface area contributed by atoms with Gasteiger partial charge in [-0.05, 0) is 97.6 Å². The second-order valence-electron chi connectivity index (χ2n) is 9.93. The lowest BCUT2D eigenvalue weighted by molar-refractivity contribution is 0.123. The molecule has 150 valence electrons. The first kappa shape index (κ1) is 19.4. The SMILES string of the molecule is CCCCC1CCc2cc(C3CCC4CC(C)CCC4C3)c(F)c(F)c2C1. The van der Waals surface area contributed by atoms with Crippen LogP contribution >= 0.6 is 0 Å². The lowest BCUT2D eigenvalue weighted by atomic mass is 9.64. The first-order valence-electron chi connectivity index (χ1n) is 11.6. The normalized spacial score (nSPS) is 33.4. The first-order chi connectivity index (χ1) is 13.1. The maximum atomic E-state index is 15.1. The number of benzene rings is 1. The van der Waals surface area contributed by atoms with E-state index in [9.17, 15) is 0 Å². The van der Waals surface area contributed by atoms with Gasteiger partial charge in [0.1, 0.15) is 0 Å². The molecule has 27 heavy (non-hydrogen) atoms. The minimum atomic E-state index is -0.516. The Hall–Kier alpha value is -0.920. The number of rotatable bonds is 4. The Morgan fingerprint density at radius 3 is 2.56 bits per heavy atom. The molecular formula is C25H36F2. The van der Waals surface area contributed by atoms with Crippen molar-refractivity contribution in [3.8, 4) is 0 Å². The maximum absolute atomic E-state index is 15.1. The Morgan fingerprint density at radius 1 is 0.963 bits per heavy atom. The van der Waals surface area contributed by atoms with Crippen LogP contribution in [0.3, 0.4) is 0 Å². The van der Waals surface area contributed by atoms with Gasteiger partial charge in [-0.1, -0.05) is 45.6 Å². The molecule has 2 heteroatoms. The molecular weight excluding hydrogens is 338 g/mol. The molecule has 1 aromatic rings. The van der Waals surface area contributed by atoms with Gasteiger partial charge in [-0.25, -0.2) is 8.78 Å². The van der Waals surface area contributed by atoms with E-state index < -0.39 is 11.6 Å². The Balaban J connectivity index is 1.52. The monoisotopic (exact) mass is 374 g/mol. The summed E-state index contributed by atoms with van der Waals surface area (Å²) in [6.07, 6.45) is 13.6. The number of hydrogen-bond acceptors (Lipinski definition) is 0. The van der Waals surface area contributed by atoms with Crippen molar-refractivity contribution in [3.63, 3.8) is 0 Å². The molecule has 0 bridgehead atoms. The fraction of sp³-hybridized carbons (Fsp3) is 0.760. The minimum Gasteiger partial charge on any atom is -0.203 e. The molecule has 3 aliphatic rings. The zero-order chi connectivity index (χ0) is 19.0. The summed E-state index contributed by atoms with van der Waals surface area (Å²) >= 11 is 0. The van der Waals surface area contributed by atoms with Gasteiger partial charge in [0.25, 0.3) is 0 Å². The van der Waals surface area contributed by atoms with Gasteiger partial charge in [-0.2, -0.15) is 0 Å². The van der Waals surface area contributed by atoms with Crippen molar-refractivity contribution in [3.05, 3.63) is 34.4 Å². The van der Waals surface area contributed by atoms with E-state index in [-0.39, 0.29) is 5.92 Å². The van der Waals surface area contributed by atoms with Crippen LogP contribution < -0.4 is 0 Å². The largest absolute Gasteiger partial charge is 0.203 e. The fourth-order valence-electron chi connectivity index (χ4n) is 6.38. The minimum absolute atomic E-state index is 0.234. The summed E-state index contributed by atoms with van der Waals surface area (Å²) in [6, 6.07) is 2.07. The standard InChI is InChI=1S/C25H36F2/c1-3-4-5-17-7-9-21-15-23(25(27)24(26)22(21)13-17)20-11-10-18-12-16(2)6-8-19(18)14-20/h15-20H,3-14H2,1-2H3. The van der Waals surface area contributed by atoms with Crippen LogP contribution in [0.1, 0.15) is 101 Å². The third-order valence-electron chi connectivity index (χ3n) is 8.02. The second-order valence-corrected chi connectivity index (χ2v) is 9.93. The van der Waals surface area contributed by atoms with Crippen molar-refractivity contribution in [1.82, 2.24) is 0 Å². The Morgan fingerprint density at radius 2 is 1.74 bits per heavy atom. The van der Waals surface area contributed by atoms with Crippen molar-refractivity contribution in [2.45, 2.75) is 96.8 Å². The summed E-state index contributed by atoms with van der Waals surface area (Å²) in [7, 11) is 0. The van der Waals surface area contributed by atoms with E-state index >= 15 is 8.78 Å². The maximum Gasteiger partial charge on any atom is 0.162 e. The van der Waals surface area contributed by atoms with Crippen LogP contribution in [0.2, 0.25) is 0 Å². The van der Waals surface area contributed by atoms with E-state index in [0.717, 1.165) is 61.8 Å². The molecule has 5 atom stereocenters. The van der Waals surface area contributed by atoms with Gasteiger partial charge in [-0.3, -0.25) is 0 Å². The van der Waals surface area contributed by atoms with Gasteiger partial charge in [0.05, 0.1) is 0 Å². The second kappa shape index (κ2) is 8.21. The van der Waals surface area contributed by atoms with Crippen LogP contribution in [0.15, 0.2) is 6.07 Å². The lowest BCUT2D eigenvalue weighted by Crippen LogP contribution is -2.30. The molecule has 0 aromatic heterocycles.